The summed E-state index contributed by atoms with van der Waals surface area (Å²) in [6.07, 6.45) is 2.10. The highest BCUT2D eigenvalue weighted by Gasteiger charge is 2.33. The first kappa shape index (κ1) is 18.0. The third-order valence-corrected chi connectivity index (χ3v) is 4.88. The Hall–Kier alpha value is -1.85. The van der Waals surface area contributed by atoms with E-state index in [-0.39, 0.29) is 12.1 Å². The highest BCUT2D eigenvalue weighted by molar-refractivity contribution is 5.32. The molecule has 2 aromatic rings. The number of rotatable bonds is 6. The van der Waals surface area contributed by atoms with Gasteiger partial charge in [-0.3, -0.25) is 0 Å². The number of aliphatic hydroxyl groups is 1. The van der Waals surface area contributed by atoms with E-state index in [9.17, 15) is 5.11 Å². The van der Waals surface area contributed by atoms with Crippen LogP contribution in [0.1, 0.15) is 56.0 Å². The molecule has 0 spiro atoms. The zero-order valence-corrected chi connectivity index (χ0v) is 15.2. The van der Waals surface area contributed by atoms with Crippen LogP contribution in [0, 0.1) is 6.92 Å². The smallest absolute Gasteiger partial charge is 0.150 e. The quantitative estimate of drug-likeness (QED) is 0.839. The number of hydrogen-bond donors (Lipinski definition) is 2. The minimum absolute atomic E-state index is 0.00429. The van der Waals surface area contributed by atoms with Gasteiger partial charge in [0.2, 0.25) is 0 Å². The molecule has 2 N–H and O–H groups in total. The fourth-order valence-corrected chi connectivity index (χ4v) is 3.26. The standard InChI is InChI=1S/C20H28N2O3/c1-13(2)17-11-15(25-22-17)12-21-16-8-6-10-19(20(16)23)24-18-9-5-4-7-14(18)3/h4-5,7,9,11,13,16,19-21,23H,6,8,10,12H2,1-3H3/t16-,19+,20+/m0/s1. The van der Waals surface area contributed by atoms with Crippen LogP contribution in [0.3, 0.4) is 0 Å². The summed E-state index contributed by atoms with van der Waals surface area (Å²) in [7, 11) is 0. The number of aliphatic hydroxyl groups excluding tert-OH is 1. The van der Waals surface area contributed by atoms with Crippen LogP contribution in [0.4, 0.5) is 0 Å². The molecule has 0 aliphatic heterocycles. The first-order valence-electron chi connectivity index (χ1n) is 9.14. The summed E-state index contributed by atoms with van der Waals surface area (Å²) in [6.45, 7) is 6.77. The van der Waals surface area contributed by atoms with E-state index in [0.717, 1.165) is 42.0 Å². The number of nitrogens with zero attached hydrogens (tertiary/aromatic N) is 1. The van der Waals surface area contributed by atoms with E-state index in [2.05, 4.69) is 24.3 Å². The molecular formula is C20H28N2O3. The Bertz CT molecular complexity index is 683. The first-order chi connectivity index (χ1) is 12.0. The molecule has 3 atom stereocenters. The molecule has 1 fully saturated rings. The third-order valence-electron chi connectivity index (χ3n) is 4.88. The van der Waals surface area contributed by atoms with Gasteiger partial charge in [-0.15, -0.1) is 0 Å². The number of para-hydroxylation sites is 1. The molecule has 0 unspecified atom stereocenters. The molecule has 25 heavy (non-hydrogen) atoms. The van der Waals surface area contributed by atoms with E-state index in [1.165, 1.54) is 0 Å². The maximum absolute atomic E-state index is 10.7. The monoisotopic (exact) mass is 344 g/mol. The molecule has 1 saturated carbocycles. The van der Waals surface area contributed by atoms with E-state index in [1.54, 1.807) is 0 Å². The van der Waals surface area contributed by atoms with Crippen molar-refractivity contribution in [2.75, 3.05) is 0 Å². The Kier molecular flexibility index (Phi) is 5.76. The second-order valence-corrected chi connectivity index (χ2v) is 7.20. The summed E-state index contributed by atoms with van der Waals surface area (Å²) >= 11 is 0. The molecule has 136 valence electrons. The van der Waals surface area contributed by atoms with Gasteiger partial charge < -0.3 is 19.7 Å². The SMILES string of the molecule is Cc1ccccc1O[C@@H]1CCC[C@H](NCc2cc(C(C)C)no2)[C@H]1O. The van der Waals surface area contributed by atoms with E-state index in [1.807, 2.05) is 37.3 Å². The normalized spacial score (nSPS) is 23.8. The van der Waals surface area contributed by atoms with Crippen molar-refractivity contribution in [3.05, 3.63) is 47.3 Å². The van der Waals surface area contributed by atoms with Crippen molar-refractivity contribution in [1.29, 1.82) is 0 Å². The minimum atomic E-state index is -0.541. The molecule has 0 bridgehead atoms. The number of benzene rings is 1. The van der Waals surface area contributed by atoms with Gasteiger partial charge in [-0.05, 0) is 43.7 Å². The van der Waals surface area contributed by atoms with Crippen LogP contribution < -0.4 is 10.1 Å². The number of aryl methyl sites for hydroxylation is 1. The summed E-state index contributed by atoms with van der Waals surface area (Å²) in [5, 5.41) is 18.2. The number of aromatic nitrogens is 1. The van der Waals surface area contributed by atoms with E-state index in [4.69, 9.17) is 9.26 Å². The molecule has 3 rings (SSSR count). The van der Waals surface area contributed by atoms with Crippen molar-refractivity contribution in [3.63, 3.8) is 0 Å². The molecule has 1 aliphatic rings. The average Bonchev–Trinajstić information content (AvgIpc) is 3.07. The van der Waals surface area contributed by atoms with Crippen molar-refractivity contribution in [2.45, 2.75) is 70.7 Å². The Balaban J connectivity index is 1.58. The van der Waals surface area contributed by atoms with Crippen molar-refractivity contribution in [3.8, 4) is 5.75 Å². The lowest BCUT2D eigenvalue weighted by molar-refractivity contribution is -0.0164. The lowest BCUT2D eigenvalue weighted by Crippen LogP contribution is -2.50. The predicted molar refractivity (Wildman–Crippen MR) is 96.7 cm³/mol. The second-order valence-electron chi connectivity index (χ2n) is 7.20. The predicted octanol–water partition coefficient (Wildman–Crippen LogP) is 3.56. The third kappa shape index (κ3) is 4.41. The summed E-state index contributed by atoms with van der Waals surface area (Å²) < 4.78 is 11.5. The van der Waals surface area contributed by atoms with Gasteiger partial charge in [0.05, 0.1) is 12.2 Å². The highest BCUT2D eigenvalue weighted by Crippen LogP contribution is 2.26. The van der Waals surface area contributed by atoms with E-state index >= 15 is 0 Å². The first-order valence-corrected chi connectivity index (χ1v) is 9.14. The van der Waals surface area contributed by atoms with Crippen LogP contribution >= 0.6 is 0 Å². The Morgan fingerprint density at radius 3 is 2.84 bits per heavy atom. The molecule has 0 amide bonds. The van der Waals surface area contributed by atoms with Gasteiger partial charge in [-0.1, -0.05) is 37.2 Å². The van der Waals surface area contributed by atoms with Crippen molar-refractivity contribution in [1.82, 2.24) is 10.5 Å². The van der Waals surface area contributed by atoms with Gasteiger partial charge in [0, 0.05) is 12.1 Å². The van der Waals surface area contributed by atoms with Crippen LogP contribution in [-0.2, 0) is 6.54 Å². The maximum atomic E-state index is 10.7. The van der Waals surface area contributed by atoms with Gasteiger partial charge in [-0.25, -0.2) is 0 Å². The Morgan fingerprint density at radius 1 is 1.32 bits per heavy atom. The van der Waals surface area contributed by atoms with Gasteiger partial charge in [0.1, 0.15) is 18.0 Å². The summed E-state index contributed by atoms with van der Waals surface area (Å²) in [6, 6.07) is 9.91. The molecular weight excluding hydrogens is 316 g/mol. The summed E-state index contributed by atoms with van der Waals surface area (Å²) in [5.74, 6) is 2.01. The fraction of sp³-hybridized carbons (Fsp3) is 0.550. The maximum Gasteiger partial charge on any atom is 0.150 e. The summed E-state index contributed by atoms with van der Waals surface area (Å²) in [4.78, 5) is 0. The van der Waals surface area contributed by atoms with Crippen molar-refractivity contribution < 1.29 is 14.4 Å². The molecule has 1 heterocycles. The Morgan fingerprint density at radius 2 is 2.12 bits per heavy atom. The van der Waals surface area contributed by atoms with Gasteiger partial charge in [0.25, 0.3) is 0 Å². The van der Waals surface area contributed by atoms with Crippen LogP contribution in [0.25, 0.3) is 0 Å². The fourth-order valence-electron chi connectivity index (χ4n) is 3.26. The molecule has 5 heteroatoms. The largest absolute Gasteiger partial charge is 0.487 e. The molecule has 1 aliphatic carbocycles. The number of hydrogen-bond acceptors (Lipinski definition) is 5. The molecule has 1 aromatic heterocycles. The van der Waals surface area contributed by atoms with Gasteiger partial charge >= 0.3 is 0 Å². The topological polar surface area (TPSA) is 67.5 Å². The van der Waals surface area contributed by atoms with Crippen molar-refractivity contribution >= 4 is 0 Å². The van der Waals surface area contributed by atoms with Gasteiger partial charge in [-0.2, -0.15) is 0 Å². The van der Waals surface area contributed by atoms with Gasteiger partial charge in [0.15, 0.2) is 5.76 Å². The zero-order chi connectivity index (χ0) is 17.8. The lowest BCUT2D eigenvalue weighted by Gasteiger charge is -2.35. The van der Waals surface area contributed by atoms with Crippen LogP contribution in [0.2, 0.25) is 0 Å². The minimum Gasteiger partial charge on any atom is -0.487 e. The Labute approximate surface area is 149 Å². The lowest BCUT2D eigenvalue weighted by atomic mass is 9.89. The second kappa shape index (κ2) is 8.02. The van der Waals surface area contributed by atoms with Crippen LogP contribution in [-0.4, -0.2) is 28.5 Å². The average molecular weight is 344 g/mol. The number of ether oxygens (including phenoxy) is 1. The van der Waals surface area contributed by atoms with Crippen LogP contribution in [0.15, 0.2) is 34.9 Å². The molecule has 0 radical (unpaired) electrons. The molecule has 1 aromatic carbocycles. The highest BCUT2D eigenvalue weighted by atomic mass is 16.5. The van der Waals surface area contributed by atoms with Crippen LogP contribution in [0.5, 0.6) is 5.75 Å². The van der Waals surface area contributed by atoms with E-state index in [0.29, 0.717) is 12.5 Å². The zero-order valence-electron chi connectivity index (χ0n) is 15.2. The van der Waals surface area contributed by atoms with E-state index < -0.39 is 6.10 Å². The van der Waals surface area contributed by atoms with Crippen molar-refractivity contribution in [2.24, 2.45) is 0 Å². The summed E-state index contributed by atoms with van der Waals surface area (Å²) in [5.41, 5.74) is 2.05. The molecule has 5 nitrogen and oxygen atoms in total. The number of nitrogens with one attached hydrogen (secondary N) is 1. The molecule has 0 saturated heterocycles.